The minimum absolute atomic E-state index is 0.165. The smallest absolute Gasteiger partial charge is 0.273 e. The van der Waals surface area contributed by atoms with E-state index in [1.165, 1.54) is 0 Å². The van der Waals surface area contributed by atoms with Crippen molar-refractivity contribution in [3.05, 3.63) is 42.1 Å². The number of hydrogen-bond acceptors (Lipinski definition) is 9. The SMILES string of the molecule is CN(C)c1nc(CNC(=O)c2cc(-c3cccnc3)on2)nc(N2CCCC2)n1. The van der Waals surface area contributed by atoms with Gasteiger partial charge in [0.15, 0.2) is 17.3 Å². The van der Waals surface area contributed by atoms with Gasteiger partial charge in [-0.15, -0.1) is 0 Å². The molecule has 3 aromatic rings. The number of aromatic nitrogens is 5. The van der Waals surface area contributed by atoms with E-state index in [0.29, 0.717) is 23.5 Å². The quantitative estimate of drug-likeness (QED) is 0.664. The van der Waals surface area contributed by atoms with E-state index >= 15 is 0 Å². The van der Waals surface area contributed by atoms with Gasteiger partial charge in [-0.25, -0.2) is 0 Å². The van der Waals surface area contributed by atoms with Crippen LogP contribution in [0.4, 0.5) is 11.9 Å². The first-order valence-corrected chi connectivity index (χ1v) is 9.43. The van der Waals surface area contributed by atoms with Crippen LogP contribution in [0.15, 0.2) is 35.1 Å². The summed E-state index contributed by atoms with van der Waals surface area (Å²) in [7, 11) is 3.75. The van der Waals surface area contributed by atoms with Gasteiger partial charge in [-0.05, 0) is 25.0 Å². The summed E-state index contributed by atoms with van der Waals surface area (Å²) in [6, 6.07) is 5.21. The highest BCUT2D eigenvalue weighted by molar-refractivity contribution is 5.92. The van der Waals surface area contributed by atoms with E-state index < -0.39 is 0 Å². The second kappa shape index (κ2) is 8.21. The van der Waals surface area contributed by atoms with Crippen molar-refractivity contribution >= 4 is 17.8 Å². The fraction of sp³-hybridized carbons (Fsp3) is 0.368. The Labute approximate surface area is 168 Å². The van der Waals surface area contributed by atoms with Crippen molar-refractivity contribution in [3.63, 3.8) is 0 Å². The number of rotatable bonds is 6. The van der Waals surface area contributed by atoms with Gasteiger partial charge in [-0.2, -0.15) is 15.0 Å². The van der Waals surface area contributed by atoms with Crippen molar-refractivity contribution in [3.8, 4) is 11.3 Å². The summed E-state index contributed by atoms with van der Waals surface area (Å²) in [4.78, 5) is 34.0. The van der Waals surface area contributed by atoms with Crippen LogP contribution in [0.2, 0.25) is 0 Å². The largest absolute Gasteiger partial charge is 0.355 e. The van der Waals surface area contributed by atoms with Crippen molar-refractivity contribution in [2.45, 2.75) is 19.4 Å². The number of nitrogens with one attached hydrogen (secondary N) is 1. The Bertz CT molecular complexity index is 983. The normalized spacial score (nSPS) is 13.5. The monoisotopic (exact) mass is 394 g/mol. The third-order valence-corrected chi connectivity index (χ3v) is 4.54. The molecule has 4 rings (SSSR count). The van der Waals surface area contributed by atoms with E-state index in [2.05, 4.69) is 35.3 Å². The molecule has 0 atom stereocenters. The fourth-order valence-corrected chi connectivity index (χ4v) is 3.01. The molecule has 1 N–H and O–H groups in total. The van der Waals surface area contributed by atoms with Crippen LogP contribution >= 0.6 is 0 Å². The predicted octanol–water partition coefficient (Wildman–Crippen LogP) is 1.52. The van der Waals surface area contributed by atoms with Crippen LogP contribution in [0.3, 0.4) is 0 Å². The van der Waals surface area contributed by atoms with Crippen molar-refractivity contribution in [1.82, 2.24) is 30.4 Å². The van der Waals surface area contributed by atoms with Crippen LogP contribution in [0.1, 0.15) is 29.2 Å². The summed E-state index contributed by atoms with van der Waals surface area (Å²) in [6.45, 7) is 2.02. The molecule has 0 radical (unpaired) electrons. The van der Waals surface area contributed by atoms with Gasteiger partial charge in [0, 0.05) is 51.2 Å². The number of hydrogen-bond donors (Lipinski definition) is 1. The second-order valence-electron chi connectivity index (χ2n) is 6.94. The van der Waals surface area contributed by atoms with Crippen LogP contribution in [-0.2, 0) is 6.54 Å². The fourth-order valence-electron chi connectivity index (χ4n) is 3.01. The molecule has 0 unspecified atom stereocenters. The molecule has 0 bridgehead atoms. The lowest BCUT2D eigenvalue weighted by molar-refractivity contribution is 0.0941. The molecule has 1 saturated heterocycles. The highest BCUT2D eigenvalue weighted by Crippen LogP contribution is 2.20. The predicted molar refractivity (Wildman–Crippen MR) is 107 cm³/mol. The molecule has 1 aliphatic rings. The van der Waals surface area contributed by atoms with Gasteiger partial charge in [0.2, 0.25) is 11.9 Å². The first-order chi connectivity index (χ1) is 14.1. The number of carbonyl (C=O) groups excluding carboxylic acids is 1. The van der Waals surface area contributed by atoms with Gasteiger partial charge in [0.25, 0.3) is 5.91 Å². The number of nitrogens with zero attached hydrogens (tertiary/aromatic N) is 7. The molecule has 1 fully saturated rings. The van der Waals surface area contributed by atoms with E-state index in [0.717, 1.165) is 31.5 Å². The minimum Gasteiger partial charge on any atom is -0.355 e. The Balaban J connectivity index is 1.47. The van der Waals surface area contributed by atoms with Gasteiger partial charge >= 0.3 is 0 Å². The molecule has 150 valence electrons. The van der Waals surface area contributed by atoms with E-state index in [1.807, 2.05) is 25.1 Å². The van der Waals surface area contributed by atoms with E-state index in [1.54, 1.807) is 24.5 Å². The van der Waals surface area contributed by atoms with Crippen molar-refractivity contribution in [1.29, 1.82) is 0 Å². The molecule has 3 aromatic heterocycles. The summed E-state index contributed by atoms with van der Waals surface area (Å²) in [5, 5.41) is 6.64. The second-order valence-corrected chi connectivity index (χ2v) is 6.94. The lowest BCUT2D eigenvalue weighted by atomic mass is 10.2. The topological polar surface area (TPSA) is 113 Å². The van der Waals surface area contributed by atoms with Gasteiger partial charge < -0.3 is 19.6 Å². The average molecular weight is 394 g/mol. The summed E-state index contributed by atoms with van der Waals surface area (Å²) in [6.07, 6.45) is 5.57. The molecule has 29 heavy (non-hydrogen) atoms. The molecule has 4 heterocycles. The van der Waals surface area contributed by atoms with Crippen LogP contribution in [0.5, 0.6) is 0 Å². The number of carbonyl (C=O) groups is 1. The zero-order chi connectivity index (χ0) is 20.2. The lowest BCUT2D eigenvalue weighted by Gasteiger charge is -2.18. The molecule has 1 aliphatic heterocycles. The van der Waals surface area contributed by atoms with E-state index in [-0.39, 0.29) is 18.1 Å². The van der Waals surface area contributed by atoms with Gasteiger partial charge in [0.1, 0.15) is 0 Å². The first-order valence-electron chi connectivity index (χ1n) is 9.43. The highest BCUT2D eigenvalue weighted by Gasteiger charge is 2.19. The molecule has 0 saturated carbocycles. The molecule has 0 aliphatic carbocycles. The average Bonchev–Trinajstić information content (AvgIpc) is 3.45. The van der Waals surface area contributed by atoms with Gasteiger partial charge in [0.05, 0.1) is 6.54 Å². The summed E-state index contributed by atoms with van der Waals surface area (Å²) < 4.78 is 5.26. The molecule has 10 heteroatoms. The Hall–Kier alpha value is -3.56. The Morgan fingerprint density at radius 1 is 1.24 bits per heavy atom. The first kappa shape index (κ1) is 18.8. The van der Waals surface area contributed by atoms with Crippen molar-refractivity contribution in [2.75, 3.05) is 37.0 Å². The van der Waals surface area contributed by atoms with E-state index in [9.17, 15) is 4.79 Å². The minimum atomic E-state index is -0.363. The molecular formula is C19H22N8O2. The third kappa shape index (κ3) is 4.31. The molecule has 10 nitrogen and oxygen atoms in total. The highest BCUT2D eigenvalue weighted by atomic mass is 16.5. The van der Waals surface area contributed by atoms with Crippen LogP contribution in [-0.4, -0.2) is 58.2 Å². The molecule has 1 amide bonds. The zero-order valence-corrected chi connectivity index (χ0v) is 16.4. The maximum Gasteiger partial charge on any atom is 0.273 e. The summed E-state index contributed by atoms with van der Waals surface area (Å²) in [5.74, 6) is 1.82. The number of anilines is 2. The standard InChI is InChI=1S/C19H22N8O2/c1-26(2)18-22-16(23-19(24-18)27-8-3-4-9-27)12-21-17(28)14-10-15(29-25-14)13-6-5-7-20-11-13/h5-7,10-11H,3-4,8-9,12H2,1-2H3,(H,21,28). The van der Waals surface area contributed by atoms with Crippen LogP contribution < -0.4 is 15.1 Å². The molecule has 0 aromatic carbocycles. The maximum absolute atomic E-state index is 12.5. The van der Waals surface area contributed by atoms with Crippen molar-refractivity contribution in [2.24, 2.45) is 0 Å². The molecule has 0 spiro atoms. The van der Waals surface area contributed by atoms with Crippen LogP contribution in [0, 0.1) is 0 Å². The maximum atomic E-state index is 12.5. The Kier molecular flexibility index (Phi) is 5.32. The Morgan fingerprint density at radius 2 is 2.07 bits per heavy atom. The molecular weight excluding hydrogens is 372 g/mol. The summed E-state index contributed by atoms with van der Waals surface area (Å²) >= 11 is 0. The van der Waals surface area contributed by atoms with Gasteiger partial charge in [-0.1, -0.05) is 5.16 Å². The lowest BCUT2D eigenvalue weighted by Crippen LogP contribution is -2.27. The number of pyridine rings is 1. The van der Waals surface area contributed by atoms with Gasteiger partial charge in [-0.3, -0.25) is 9.78 Å². The van der Waals surface area contributed by atoms with Crippen LogP contribution in [0.25, 0.3) is 11.3 Å². The van der Waals surface area contributed by atoms with E-state index in [4.69, 9.17) is 4.52 Å². The zero-order valence-electron chi connectivity index (χ0n) is 16.4. The Morgan fingerprint density at radius 3 is 2.79 bits per heavy atom. The number of amides is 1. The third-order valence-electron chi connectivity index (χ3n) is 4.54. The summed E-state index contributed by atoms with van der Waals surface area (Å²) in [5.41, 5.74) is 0.938. The van der Waals surface area contributed by atoms with Crippen molar-refractivity contribution < 1.29 is 9.32 Å².